The van der Waals surface area contributed by atoms with Gasteiger partial charge < -0.3 is 4.84 Å². The van der Waals surface area contributed by atoms with Crippen molar-refractivity contribution in [3.05, 3.63) is 21.8 Å². The third-order valence-electron chi connectivity index (χ3n) is 0.750. The van der Waals surface area contributed by atoms with Gasteiger partial charge in [0.15, 0.2) is 0 Å². The molecule has 0 aromatic carbocycles. The van der Waals surface area contributed by atoms with Gasteiger partial charge in [-0.3, -0.25) is 4.79 Å². The van der Waals surface area contributed by atoms with E-state index in [1.807, 2.05) is 0 Å². The molecule has 0 aromatic rings. The van der Waals surface area contributed by atoms with Crippen LogP contribution in [0.15, 0.2) is 11.6 Å². The Morgan fingerprint density at radius 3 is 2.80 bits per heavy atom. The monoisotopic (exact) mass is 145 g/mol. The molecule has 0 aliphatic heterocycles. The molecular weight excluding hydrogens is 138 g/mol. The van der Waals surface area contributed by atoms with E-state index in [9.17, 15) is 14.9 Å². The van der Waals surface area contributed by atoms with Crippen molar-refractivity contribution in [2.24, 2.45) is 0 Å². The maximum absolute atomic E-state index is 9.76. The Morgan fingerprint density at radius 2 is 2.40 bits per heavy atom. The van der Waals surface area contributed by atoms with E-state index in [-0.39, 0.29) is 6.61 Å². The number of hydrogen-bond donors (Lipinski definition) is 0. The van der Waals surface area contributed by atoms with Gasteiger partial charge >= 0.3 is 0 Å². The van der Waals surface area contributed by atoms with Gasteiger partial charge in [-0.05, 0) is 18.6 Å². The van der Waals surface area contributed by atoms with Crippen molar-refractivity contribution >= 4 is 6.29 Å². The highest BCUT2D eigenvalue weighted by atomic mass is 16.9. The predicted molar refractivity (Wildman–Crippen MR) is 32.8 cm³/mol. The standard InChI is InChI=1S/C5H7NO4/c1-5(2-3-7)4-10-6(8)9/h2-3H,4H2,1H3/b5-2-. The van der Waals surface area contributed by atoms with E-state index in [2.05, 4.69) is 4.84 Å². The zero-order valence-electron chi connectivity index (χ0n) is 5.44. The molecule has 0 spiro atoms. The zero-order valence-corrected chi connectivity index (χ0v) is 5.44. The highest BCUT2D eigenvalue weighted by Gasteiger charge is 1.93. The van der Waals surface area contributed by atoms with Gasteiger partial charge in [-0.2, -0.15) is 0 Å². The first-order valence-electron chi connectivity index (χ1n) is 2.55. The van der Waals surface area contributed by atoms with Gasteiger partial charge in [-0.1, -0.05) is 0 Å². The second kappa shape index (κ2) is 4.49. The molecule has 0 aromatic heterocycles. The minimum Gasteiger partial charge on any atom is -0.309 e. The van der Waals surface area contributed by atoms with Crippen LogP contribution in [0.5, 0.6) is 0 Å². The largest absolute Gasteiger partial charge is 0.309 e. The Morgan fingerprint density at radius 1 is 1.80 bits per heavy atom. The number of aldehydes is 1. The van der Waals surface area contributed by atoms with Crippen molar-refractivity contribution in [1.82, 2.24) is 0 Å². The fourth-order valence-corrected chi connectivity index (χ4v) is 0.319. The number of nitrogens with zero attached hydrogens (tertiary/aromatic N) is 1. The molecule has 0 fully saturated rings. The number of rotatable bonds is 4. The minimum absolute atomic E-state index is 0.147. The lowest BCUT2D eigenvalue weighted by atomic mass is 10.3. The molecule has 0 rings (SSSR count). The quantitative estimate of drug-likeness (QED) is 0.247. The van der Waals surface area contributed by atoms with Gasteiger partial charge in [0.25, 0.3) is 5.09 Å². The van der Waals surface area contributed by atoms with Crippen LogP contribution in [0.3, 0.4) is 0 Å². The topological polar surface area (TPSA) is 69.4 Å². The maximum atomic E-state index is 9.76. The van der Waals surface area contributed by atoms with Crippen molar-refractivity contribution in [1.29, 1.82) is 0 Å². The second-order valence-electron chi connectivity index (χ2n) is 1.65. The fourth-order valence-electron chi connectivity index (χ4n) is 0.319. The van der Waals surface area contributed by atoms with Crippen LogP contribution in [0.4, 0.5) is 0 Å². The molecule has 0 N–H and O–H groups in total. The van der Waals surface area contributed by atoms with Crippen LogP contribution in [-0.4, -0.2) is 18.0 Å². The Labute approximate surface area is 57.4 Å². The van der Waals surface area contributed by atoms with Crippen LogP contribution in [-0.2, 0) is 9.63 Å². The van der Waals surface area contributed by atoms with Crippen molar-refractivity contribution in [2.75, 3.05) is 6.61 Å². The number of carbonyl (C=O) groups excluding carboxylic acids is 1. The molecule has 10 heavy (non-hydrogen) atoms. The average molecular weight is 145 g/mol. The molecule has 0 atom stereocenters. The summed E-state index contributed by atoms with van der Waals surface area (Å²) in [6.07, 6.45) is 1.77. The first-order valence-corrected chi connectivity index (χ1v) is 2.55. The van der Waals surface area contributed by atoms with Crippen molar-refractivity contribution in [2.45, 2.75) is 6.92 Å². The Bertz CT molecular complexity index is 163. The smallest absolute Gasteiger partial charge is 0.294 e. The lowest BCUT2D eigenvalue weighted by Crippen LogP contribution is -2.02. The molecule has 0 bridgehead atoms. The third kappa shape index (κ3) is 4.76. The molecule has 5 nitrogen and oxygen atoms in total. The van der Waals surface area contributed by atoms with Gasteiger partial charge in [-0.25, -0.2) is 0 Å². The highest BCUT2D eigenvalue weighted by molar-refractivity contribution is 5.65. The Hall–Kier alpha value is -1.39. The summed E-state index contributed by atoms with van der Waals surface area (Å²) in [4.78, 5) is 23.3. The summed E-state index contributed by atoms with van der Waals surface area (Å²) in [6, 6.07) is 0. The summed E-state index contributed by atoms with van der Waals surface area (Å²) in [5.74, 6) is 0. The molecule has 0 saturated carbocycles. The summed E-state index contributed by atoms with van der Waals surface area (Å²) in [6.45, 7) is 1.42. The van der Waals surface area contributed by atoms with Crippen LogP contribution in [0, 0.1) is 10.1 Å². The SMILES string of the molecule is C/C(=C/C=O)CO[N+](=O)[O-]. The van der Waals surface area contributed by atoms with Gasteiger partial charge in [-0.15, -0.1) is 10.1 Å². The van der Waals surface area contributed by atoms with E-state index in [1.54, 1.807) is 6.92 Å². The van der Waals surface area contributed by atoms with Gasteiger partial charge in [0.2, 0.25) is 0 Å². The predicted octanol–water partition coefficient (Wildman–Crippen LogP) is 0.340. The fraction of sp³-hybridized carbons (Fsp3) is 0.400. The third-order valence-corrected chi connectivity index (χ3v) is 0.750. The van der Waals surface area contributed by atoms with Gasteiger partial charge in [0.1, 0.15) is 12.9 Å². The van der Waals surface area contributed by atoms with Crippen LogP contribution >= 0.6 is 0 Å². The van der Waals surface area contributed by atoms with E-state index in [0.717, 1.165) is 0 Å². The van der Waals surface area contributed by atoms with E-state index < -0.39 is 5.09 Å². The van der Waals surface area contributed by atoms with E-state index in [0.29, 0.717) is 11.9 Å². The molecule has 0 radical (unpaired) electrons. The number of carbonyl (C=O) groups is 1. The molecule has 5 heteroatoms. The highest BCUT2D eigenvalue weighted by Crippen LogP contribution is 1.90. The molecule has 0 aliphatic rings. The minimum atomic E-state index is -0.901. The van der Waals surface area contributed by atoms with Crippen LogP contribution in [0.25, 0.3) is 0 Å². The molecule has 0 unspecified atom stereocenters. The summed E-state index contributed by atoms with van der Waals surface area (Å²) < 4.78 is 0. The lowest BCUT2D eigenvalue weighted by Gasteiger charge is -1.94. The number of hydrogen-bond acceptors (Lipinski definition) is 4. The molecule has 0 saturated heterocycles. The van der Waals surface area contributed by atoms with Crippen molar-refractivity contribution in [3.63, 3.8) is 0 Å². The molecule has 0 aliphatic carbocycles. The Balaban J connectivity index is 3.58. The molecular formula is C5H7NO4. The second-order valence-corrected chi connectivity index (χ2v) is 1.65. The van der Waals surface area contributed by atoms with Crippen LogP contribution in [0.2, 0.25) is 0 Å². The normalized spacial score (nSPS) is 10.7. The number of allylic oxidation sites excluding steroid dienone is 1. The molecule has 0 amide bonds. The zero-order chi connectivity index (χ0) is 7.98. The van der Waals surface area contributed by atoms with Crippen molar-refractivity contribution < 1.29 is 14.7 Å². The molecule has 56 valence electrons. The first kappa shape index (κ1) is 8.61. The average Bonchev–Trinajstić information content (AvgIpc) is 1.85. The summed E-state index contributed by atoms with van der Waals surface area (Å²) in [7, 11) is 0. The summed E-state index contributed by atoms with van der Waals surface area (Å²) in [5.41, 5.74) is 0.520. The van der Waals surface area contributed by atoms with Crippen LogP contribution < -0.4 is 0 Å². The maximum Gasteiger partial charge on any atom is 0.294 e. The summed E-state index contributed by atoms with van der Waals surface area (Å²) >= 11 is 0. The van der Waals surface area contributed by atoms with E-state index in [1.165, 1.54) is 6.08 Å². The first-order chi connectivity index (χ1) is 4.66. The van der Waals surface area contributed by atoms with Gasteiger partial charge in [0, 0.05) is 0 Å². The van der Waals surface area contributed by atoms with E-state index >= 15 is 0 Å². The molecule has 0 heterocycles. The van der Waals surface area contributed by atoms with Crippen molar-refractivity contribution in [3.8, 4) is 0 Å². The lowest BCUT2D eigenvalue weighted by molar-refractivity contribution is -0.755. The Kier molecular flexibility index (Phi) is 3.86. The summed E-state index contributed by atoms with van der Waals surface area (Å²) in [5, 5.41) is 8.68. The van der Waals surface area contributed by atoms with E-state index in [4.69, 9.17) is 0 Å². The van der Waals surface area contributed by atoms with Crippen LogP contribution in [0.1, 0.15) is 6.92 Å². The van der Waals surface area contributed by atoms with Gasteiger partial charge in [0.05, 0.1) is 0 Å².